The molecule has 0 atom stereocenters. The summed E-state index contributed by atoms with van der Waals surface area (Å²) in [6.45, 7) is 0. The van der Waals surface area contributed by atoms with E-state index in [0.29, 0.717) is 10.9 Å². The van der Waals surface area contributed by atoms with Crippen molar-refractivity contribution in [3.8, 4) is 11.1 Å². The van der Waals surface area contributed by atoms with Gasteiger partial charge in [-0.15, -0.1) is 0 Å². The minimum atomic E-state index is -0.523. The van der Waals surface area contributed by atoms with Crippen LogP contribution in [0.2, 0.25) is 0 Å². The molecule has 2 heterocycles. The second kappa shape index (κ2) is 3.55. The van der Waals surface area contributed by atoms with E-state index in [-0.39, 0.29) is 5.56 Å². The molecule has 0 bridgehead atoms. The predicted octanol–water partition coefficient (Wildman–Crippen LogP) is 2.06. The number of nitrogens with one attached hydrogen (secondary N) is 2. The Hall–Kier alpha value is -2.43. The maximum absolute atomic E-state index is 13.0. The monoisotopic (exact) mass is 229 g/mol. The van der Waals surface area contributed by atoms with Crippen molar-refractivity contribution in [1.29, 1.82) is 0 Å². The van der Waals surface area contributed by atoms with E-state index >= 15 is 0 Å². The van der Waals surface area contributed by atoms with E-state index in [1.165, 1.54) is 12.3 Å². The zero-order chi connectivity index (χ0) is 11.8. The number of aromatic nitrogens is 3. The molecule has 5 heteroatoms. The summed E-state index contributed by atoms with van der Waals surface area (Å²) in [5.74, 6) is -0.523. The van der Waals surface area contributed by atoms with Gasteiger partial charge >= 0.3 is 0 Å². The van der Waals surface area contributed by atoms with Crippen LogP contribution < -0.4 is 5.56 Å². The summed E-state index contributed by atoms with van der Waals surface area (Å²) in [7, 11) is 0. The van der Waals surface area contributed by atoms with E-state index in [9.17, 15) is 9.18 Å². The Balaban J connectivity index is 2.21. The van der Waals surface area contributed by atoms with Gasteiger partial charge in [-0.3, -0.25) is 15.0 Å². The van der Waals surface area contributed by atoms with Crippen LogP contribution in [0.4, 0.5) is 4.39 Å². The third-order valence-electron chi connectivity index (χ3n) is 2.63. The lowest BCUT2D eigenvalue weighted by molar-refractivity contribution is 0.584. The van der Waals surface area contributed by atoms with Gasteiger partial charge in [0.25, 0.3) is 5.56 Å². The molecule has 0 aliphatic carbocycles. The summed E-state index contributed by atoms with van der Waals surface area (Å²) in [6, 6.07) is 8.35. The van der Waals surface area contributed by atoms with E-state index in [1.807, 2.05) is 0 Å². The van der Waals surface area contributed by atoms with Gasteiger partial charge in [0.1, 0.15) is 0 Å². The lowest BCUT2D eigenvalue weighted by atomic mass is 10.1. The van der Waals surface area contributed by atoms with Crippen LogP contribution in [-0.2, 0) is 0 Å². The first kappa shape index (κ1) is 9.77. The van der Waals surface area contributed by atoms with Gasteiger partial charge in [0, 0.05) is 12.3 Å². The number of rotatable bonds is 1. The Kier molecular flexibility index (Phi) is 2.04. The fourth-order valence-corrected chi connectivity index (χ4v) is 1.80. The maximum atomic E-state index is 13.0. The van der Waals surface area contributed by atoms with Crippen LogP contribution >= 0.6 is 0 Å². The van der Waals surface area contributed by atoms with E-state index in [0.717, 1.165) is 11.1 Å². The molecule has 0 radical (unpaired) electrons. The molecule has 0 saturated carbocycles. The van der Waals surface area contributed by atoms with E-state index < -0.39 is 5.95 Å². The Morgan fingerprint density at radius 1 is 1.06 bits per heavy atom. The minimum absolute atomic E-state index is 0.160. The number of fused-ring (bicyclic) bond motifs is 1. The van der Waals surface area contributed by atoms with Gasteiger partial charge in [-0.25, -0.2) is 4.98 Å². The van der Waals surface area contributed by atoms with E-state index in [4.69, 9.17) is 0 Å². The Bertz CT molecular complexity index is 745. The standard InChI is InChI=1S/C12H8FN3O/c13-11-6-8(3-4-14-11)7-1-2-9-10(5-7)15-16-12(9)17/h1-6H,(H2,15,16,17). The van der Waals surface area contributed by atoms with E-state index in [2.05, 4.69) is 15.2 Å². The summed E-state index contributed by atoms with van der Waals surface area (Å²) in [5.41, 5.74) is 2.09. The SMILES string of the molecule is O=c1[nH][nH]c2cc(-c3ccnc(F)c3)ccc12. The maximum Gasteiger partial charge on any atom is 0.271 e. The summed E-state index contributed by atoms with van der Waals surface area (Å²) in [6.07, 6.45) is 1.41. The number of hydrogen-bond acceptors (Lipinski definition) is 2. The lowest BCUT2D eigenvalue weighted by Gasteiger charge is -2.00. The third-order valence-corrected chi connectivity index (χ3v) is 2.63. The average Bonchev–Trinajstić information content (AvgIpc) is 2.71. The summed E-state index contributed by atoms with van der Waals surface area (Å²) < 4.78 is 13.0. The number of halogens is 1. The highest BCUT2D eigenvalue weighted by Gasteiger charge is 2.04. The molecule has 2 aromatic heterocycles. The second-order valence-corrected chi connectivity index (χ2v) is 3.71. The molecule has 0 amide bonds. The Morgan fingerprint density at radius 3 is 2.71 bits per heavy atom. The van der Waals surface area contributed by atoms with Crippen LogP contribution in [0.1, 0.15) is 0 Å². The molecule has 0 unspecified atom stereocenters. The van der Waals surface area contributed by atoms with Gasteiger partial charge in [0.05, 0.1) is 10.9 Å². The molecular formula is C12H8FN3O. The first-order valence-corrected chi connectivity index (χ1v) is 5.06. The van der Waals surface area contributed by atoms with Gasteiger partial charge in [-0.05, 0) is 29.3 Å². The number of pyridine rings is 1. The summed E-state index contributed by atoms with van der Waals surface area (Å²) in [4.78, 5) is 14.8. The third kappa shape index (κ3) is 1.61. The number of H-pyrrole nitrogens is 2. The number of nitrogens with zero attached hydrogens (tertiary/aromatic N) is 1. The topological polar surface area (TPSA) is 61.5 Å². The molecule has 2 N–H and O–H groups in total. The van der Waals surface area contributed by atoms with Gasteiger partial charge in [0.15, 0.2) is 0 Å². The Labute approximate surface area is 95.1 Å². The smallest absolute Gasteiger partial charge is 0.271 e. The molecule has 3 aromatic rings. The van der Waals surface area contributed by atoms with Gasteiger partial charge in [-0.1, -0.05) is 6.07 Å². The van der Waals surface area contributed by atoms with Crippen molar-refractivity contribution < 1.29 is 4.39 Å². The minimum Gasteiger partial charge on any atom is -0.298 e. The van der Waals surface area contributed by atoms with Crippen LogP contribution in [0.5, 0.6) is 0 Å². The van der Waals surface area contributed by atoms with Crippen molar-refractivity contribution in [2.45, 2.75) is 0 Å². The van der Waals surface area contributed by atoms with Crippen molar-refractivity contribution in [1.82, 2.24) is 15.2 Å². The number of aromatic amines is 2. The zero-order valence-corrected chi connectivity index (χ0v) is 8.70. The van der Waals surface area contributed by atoms with Crippen molar-refractivity contribution in [2.24, 2.45) is 0 Å². The van der Waals surface area contributed by atoms with E-state index in [1.54, 1.807) is 24.3 Å². The van der Waals surface area contributed by atoms with Crippen LogP contribution in [0.25, 0.3) is 22.0 Å². The molecule has 0 aliphatic rings. The first-order valence-electron chi connectivity index (χ1n) is 5.06. The zero-order valence-electron chi connectivity index (χ0n) is 8.70. The average molecular weight is 229 g/mol. The predicted molar refractivity (Wildman–Crippen MR) is 62.1 cm³/mol. The van der Waals surface area contributed by atoms with Gasteiger partial charge in [-0.2, -0.15) is 4.39 Å². The van der Waals surface area contributed by atoms with Crippen molar-refractivity contribution >= 4 is 10.9 Å². The molecule has 0 aliphatic heterocycles. The molecule has 4 nitrogen and oxygen atoms in total. The highest BCUT2D eigenvalue weighted by molar-refractivity contribution is 5.83. The molecular weight excluding hydrogens is 221 g/mol. The van der Waals surface area contributed by atoms with Gasteiger partial charge < -0.3 is 0 Å². The highest BCUT2D eigenvalue weighted by Crippen LogP contribution is 2.21. The number of hydrogen-bond donors (Lipinski definition) is 2. The Morgan fingerprint density at radius 2 is 1.88 bits per heavy atom. The quantitative estimate of drug-likeness (QED) is 0.627. The molecule has 84 valence electrons. The lowest BCUT2D eigenvalue weighted by Crippen LogP contribution is -1.96. The molecule has 17 heavy (non-hydrogen) atoms. The van der Waals surface area contributed by atoms with Crippen LogP contribution in [0.15, 0.2) is 41.3 Å². The van der Waals surface area contributed by atoms with Crippen LogP contribution in [-0.4, -0.2) is 15.2 Å². The summed E-state index contributed by atoms with van der Waals surface area (Å²) >= 11 is 0. The highest BCUT2D eigenvalue weighted by atomic mass is 19.1. The van der Waals surface area contributed by atoms with Crippen molar-refractivity contribution in [3.63, 3.8) is 0 Å². The molecule has 0 saturated heterocycles. The largest absolute Gasteiger partial charge is 0.298 e. The first-order chi connectivity index (χ1) is 8.24. The van der Waals surface area contributed by atoms with Crippen molar-refractivity contribution in [2.75, 3.05) is 0 Å². The van der Waals surface area contributed by atoms with Crippen LogP contribution in [0.3, 0.4) is 0 Å². The summed E-state index contributed by atoms with van der Waals surface area (Å²) in [5, 5.41) is 5.85. The molecule has 1 aromatic carbocycles. The van der Waals surface area contributed by atoms with Gasteiger partial charge in [0.2, 0.25) is 5.95 Å². The fraction of sp³-hybridized carbons (Fsp3) is 0. The van der Waals surface area contributed by atoms with Crippen LogP contribution in [0, 0.1) is 5.95 Å². The molecule has 0 spiro atoms. The fourth-order valence-electron chi connectivity index (χ4n) is 1.80. The normalized spacial score (nSPS) is 10.9. The number of benzene rings is 1. The van der Waals surface area contributed by atoms with Crippen molar-refractivity contribution in [3.05, 3.63) is 52.8 Å². The molecule has 0 fully saturated rings. The second-order valence-electron chi connectivity index (χ2n) is 3.71. The molecule has 3 rings (SSSR count).